The summed E-state index contributed by atoms with van der Waals surface area (Å²) in [7, 11) is 1.16. The van der Waals surface area contributed by atoms with E-state index in [9.17, 15) is 31.5 Å². The number of rotatable bonds is 8. The van der Waals surface area contributed by atoms with Crippen LogP contribution in [0.15, 0.2) is 35.4 Å². The lowest BCUT2D eigenvalue weighted by atomic mass is 10.1. The Morgan fingerprint density at radius 1 is 1.27 bits per heavy atom. The van der Waals surface area contributed by atoms with Gasteiger partial charge in [-0.05, 0) is 18.2 Å². The summed E-state index contributed by atoms with van der Waals surface area (Å²) in [5.41, 5.74) is -1.62. The lowest BCUT2D eigenvalue weighted by Crippen LogP contribution is -2.29. The monoisotopic (exact) mass is 494 g/mol. The molecule has 178 valence electrons. The highest BCUT2D eigenvalue weighted by Crippen LogP contribution is 2.32. The predicted molar refractivity (Wildman–Crippen MR) is 109 cm³/mol. The molecule has 2 amide bonds. The molecule has 0 saturated heterocycles. The average molecular weight is 495 g/mol. The van der Waals surface area contributed by atoms with Crippen molar-refractivity contribution in [3.8, 4) is 5.75 Å². The van der Waals surface area contributed by atoms with Crippen molar-refractivity contribution in [2.24, 2.45) is 5.10 Å². The molecule has 0 saturated carbocycles. The molecule has 0 unspecified atom stereocenters. The SMILES string of the molecule is CN(/N=C(/CO)NC=O)c1cc(OCC(F)(F)F)c(C(=O)Nc2c(F)cccc2Cl)cc1F. The van der Waals surface area contributed by atoms with E-state index >= 15 is 0 Å². The van der Waals surface area contributed by atoms with Crippen molar-refractivity contribution < 1.29 is 41.4 Å². The maximum absolute atomic E-state index is 14.7. The van der Waals surface area contributed by atoms with Crippen LogP contribution in [-0.4, -0.2) is 49.7 Å². The lowest BCUT2D eigenvalue weighted by molar-refractivity contribution is -0.153. The number of hydrazone groups is 1. The Kier molecular flexibility index (Phi) is 8.54. The van der Waals surface area contributed by atoms with Crippen LogP contribution in [0.2, 0.25) is 5.02 Å². The van der Waals surface area contributed by atoms with Crippen LogP contribution in [-0.2, 0) is 4.79 Å². The van der Waals surface area contributed by atoms with Gasteiger partial charge in [-0.1, -0.05) is 17.7 Å². The van der Waals surface area contributed by atoms with Gasteiger partial charge in [0, 0.05) is 13.1 Å². The second kappa shape index (κ2) is 10.9. The number of hydrogen-bond acceptors (Lipinski definition) is 6. The molecule has 0 spiro atoms. The number of nitrogens with one attached hydrogen (secondary N) is 2. The molecule has 2 aromatic rings. The first kappa shape index (κ1) is 25.8. The Morgan fingerprint density at radius 2 is 1.97 bits per heavy atom. The number of hydrogen-bond donors (Lipinski definition) is 3. The van der Waals surface area contributed by atoms with Gasteiger partial charge in [0.1, 0.15) is 24.0 Å². The van der Waals surface area contributed by atoms with Crippen molar-refractivity contribution in [3.05, 3.63) is 52.6 Å². The minimum absolute atomic E-state index is 0.193. The summed E-state index contributed by atoms with van der Waals surface area (Å²) in [6.07, 6.45) is -4.60. The van der Waals surface area contributed by atoms with Gasteiger partial charge in [0.15, 0.2) is 12.4 Å². The molecule has 3 N–H and O–H groups in total. The number of para-hydroxylation sites is 1. The van der Waals surface area contributed by atoms with Crippen molar-refractivity contribution in [2.45, 2.75) is 6.18 Å². The second-order valence-corrected chi connectivity index (χ2v) is 6.65. The highest BCUT2D eigenvalue weighted by atomic mass is 35.5. The fourth-order valence-electron chi connectivity index (χ4n) is 2.45. The maximum atomic E-state index is 14.7. The van der Waals surface area contributed by atoms with Crippen LogP contribution in [0.3, 0.4) is 0 Å². The highest BCUT2D eigenvalue weighted by Gasteiger charge is 2.30. The van der Waals surface area contributed by atoms with Crippen LogP contribution in [0.1, 0.15) is 10.4 Å². The number of aliphatic hydroxyl groups is 1. The molecule has 0 aliphatic carbocycles. The molecule has 2 rings (SSSR count). The van der Waals surface area contributed by atoms with Gasteiger partial charge in [-0.15, -0.1) is 0 Å². The number of halogens is 6. The summed E-state index contributed by atoms with van der Waals surface area (Å²) in [5, 5.41) is 17.5. The Hall–Kier alpha value is -3.45. The molecule has 0 bridgehead atoms. The third-order valence-corrected chi connectivity index (χ3v) is 4.20. The van der Waals surface area contributed by atoms with E-state index in [0.717, 1.165) is 24.2 Å². The largest absolute Gasteiger partial charge is 0.483 e. The zero-order chi connectivity index (χ0) is 24.8. The number of carbonyl (C=O) groups excluding carboxylic acids is 2. The summed E-state index contributed by atoms with van der Waals surface area (Å²) in [6, 6.07) is 4.80. The molecular weight excluding hydrogens is 479 g/mol. The topological polar surface area (TPSA) is 103 Å². The molecule has 0 radical (unpaired) electrons. The fourth-order valence-corrected chi connectivity index (χ4v) is 2.66. The van der Waals surface area contributed by atoms with Gasteiger partial charge in [0.25, 0.3) is 5.91 Å². The average Bonchev–Trinajstić information content (AvgIpc) is 2.74. The second-order valence-electron chi connectivity index (χ2n) is 6.25. The van der Waals surface area contributed by atoms with Crippen molar-refractivity contribution in [3.63, 3.8) is 0 Å². The number of ether oxygens (including phenoxy) is 1. The van der Waals surface area contributed by atoms with Crippen LogP contribution in [0.4, 0.5) is 33.3 Å². The molecule has 0 atom stereocenters. The van der Waals surface area contributed by atoms with E-state index in [1.807, 2.05) is 5.32 Å². The zero-order valence-electron chi connectivity index (χ0n) is 16.7. The van der Waals surface area contributed by atoms with E-state index in [4.69, 9.17) is 16.7 Å². The van der Waals surface area contributed by atoms with E-state index in [0.29, 0.717) is 6.07 Å². The smallest absolute Gasteiger partial charge is 0.422 e. The van der Waals surface area contributed by atoms with Crippen LogP contribution in [0.25, 0.3) is 0 Å². The van der Waals surface area contributed by atoms with Crippen LogP contribution in [0, 0.1) is 11.6 Å². The number of amidine groups is 1. The minimum atomic E-state index is -4.79. The Balaban J connectivity index is 2.50. The van der Waals surface area contributed by atoms with Gasteiger partial charge >= 0.3 is 6.18 Å². The number of amides is 2. The van der Waals surface area contributed by atoms with E-state index < -0.39 is 59.6 Å². The van der Waals surface area contributed by atoms with Crippen molar-refractivity contribution in [2.75, 3.05) is 30.6 Å². The maximum Gasteiger partial charge on any atom is 0.422 e. The first-order valence-electron chi connectivity index (χ1n) is 8.87. The Bertz CT molecular complexity index is 1040. The van der Waals surface area contributed by atoms with E-state index in [1.165, 1.54) is 12.1 Å². The van der Waals surface area contributed by atoms with Crippen LogP contribution >= 0.6 is 11.6 Å². The minimum Gasteiger partial charge on any atom is -0.483 e. The van der Waals surface area contributed by atoms with Crippen LogP contribution in [0.5, 0.6) is 5.75 Å². The van der Waals surface area contributed by atoms with Gasteiger partial charge in [-0.25, -0.2) is 8.78 Å². The standard InChI is InChI=1S/C19H16ClF5N4O4/c1-29(28-16(7-30)26-9-31)14-6-15(33-8-19(23,24)25)10(5-13(14)22)18(32)27-17-11(20)3-2-4-12(17)21/h2-6,9,30H,7-8H2,1H3,(H,27,32)(H,26,28,31). The number of carbonyl (C=O) groups is 2. The molecule has 2 aromatic carbocycles. The first-order chi connectivity index (χ1) is 15.5. The first-order valence-corrected chi connectivity index (χ1v) is 9.25. The summed E-state index contributed by atoms with van der Waals surface area (Å²) >= 11 is 5.83. The highest BCUT2D eigenvalue weighted by molar-refractivity contribution is 6.34. The number of nitrogens with zero attached hydrogens (tertiary/aromatic N) is 2. The summed E-state index contributed by atoms with van der Waals surface area (Å²) < 4.78 is 71.5. The molecule has 0 heterocycles. The van der Waals surface area contributed by atoms with Crippen molar-refractivity contribution >= 4 is 41.1 Å². The summed E-state index contributed by atoms with van der Waals surface area (Å²) in [4.78, 5) is 23.1. The molecule has 33 heavy (non-hydrogen) atoms. The molecule has 0 fully saturated rings. The normalized spacial score (nSPS) is 11.7. The molecule has 8 nitrogen and oxygen atoms in total. The van der Waals surface area contributed by atoms with Gasteiger partial charge < -0.3 is 20.5 Å². The van der Waals surface area contributed by atoms with Gasteiger partial charge in [0.05, 0.1) is 22.0 Å². The third-order valence-electron chi connectivity index (χ3n) is 3.88. The molecule has 0 aliphatic heterocycles. The number of alkyl halides is 3. The fraction of sp³-hybridized carbons (Fsp3) is 0.211. The molecule has 14 heteroatoms. The number of benzene rings is 2. The van der Waals surface area contributed by atoms with Gasteiger partial charge in [-0.3, -0.25) is 14.6 Å². The predicted octanol–water partition coefficient (Wildman–Crippen LogP) is 3.30. The summed E-state index contributed by atoms with van der Waals surface area (Å²) in [5.74, 6) is -4.27. The Labute approximate surface area is 188 Å². The molecular formula is C19H16ClF5N4O4. The summed E-state index contributed by atoms with van der Waals surface area (Å²) in [6.45, 7) is -2.56. The van der Waals surface area contributed by atoms with E-state index in [-0.39, 0.29) is 17.3 Å². The number of anilines is 2. The Morgan fingerprint density at radius 3 is 2.55 bits per heavy atom. The van der Waals surface area contributed by atoms with Gasteiger partial charge in [-0.2, -0.15) is 18.3 Å². The molecule has 0 aliphatic rings. The van der Waals surface area contributed by atoms with E-state index in [2.05, 4.69) is 15.2 Å². The molecule has 0 aromatic heterocycles. The zero-order valence-corrected chi connectivity index (χ0v) is 17.5. The van der Waals surface area contributed by atoms with Gasteiger partial charge in [0.2, 0.25) is 6.41 Å². The lowest BCUT2D eigenvalue weighted by Gasteiger charge is -2.19. The number of aliphatic hydroxyl groups excluding tert-OH is 1. The third kappa shape index (κ3) is 7.02. The van der Waals surface area contributed by atoms with Crippen molar-refractivity contribution in [1.82, 2.24) is 5.32 Å². The quantitative estimate of drug-likeness (QED) is 0.172. The van der Waals surface area contributed by atoms with Crippen LogP contribution < -0.4 is 20.4 Å². The van der Waals surface area contributed by atoms with Crippen molar-refractivity contribution in [1.29, 1.82) is 0 Å². The van der Waals surface area contributed by atoms with E-state index in [1.54, 1.807) is 0 Å².